The van der Waals surface area contributed by atoms with Gasteiger partial charge in [-0.05, 0) is 44.5 Å². The second kappa shape index (κ2) is 9.45. The molecule has 0 aliphatic carbocycles. The zero-order valence-electron chi connectivity index (χ0n) is 15.0. The highest BCUT2D eigenvalue weighted by Gasteiger charge is 2.18. The van der Waals surface area contributed by atoms with Crippen LogP contribution in [0.1, 0.15) is 25.5 Å². The molecule has 2 rings (SSSR count). The number of methoxy groups -OCH3 is 1. The highest BCUT2D eigenvalue weighted by Crippen LogP contribution is 2.17. The number of aryl methyl sites for hydroxylation is 1. The first-order valence-electron chi connectivity index (χ1n) is 8.18. The van der Waals surface area contributed by atoms with Crippen molar-refractivity contribution in [1.82, 2.24) is 5.16 Å². The molecule has 1 N–H and O–H groups in total. The summed E-state index contributed by atoms with van der Waals surface area (Å²) in [5.41, 5.74) is 0. The Morgan fingerprint density at radius 3 is 2.54 bits per heavy atom. The number of hydrogen-bond donors (Lipinski definition) is 1. The summed E-state index contributed by atoms with van der Waals surface area (Å²) in [6.45, 7) is 3.56. The van der Waals surface area contributed by atoms with E-state index in [4.69, 9.17) is 18.7 Å². The van der Waals surface area contributed by atoms with E-state index in [-0.39, 0.29) is 12.2 Å². The molecule has 8 nitrogen and oxygen atoms in total. The van der Waals surface area contributed by atoms with E-state index in [1.54, 1.807) is 44.4 Å². The predicted molar refractivity (Wildman–Crippen MR) is 93.1 cm³/mol. The van der Waals surface area contributed by atoms with Crippen LogP contribution in [0.5, 0.6) is 11.5 Å². The standard InChI is InChI=1S/C18H22N2O6/c1-12-11-16(20-26-12)19-18(22)13(2)25-17(21)5-4-10-24-15-8-6-14(23-3)7-9-15/h6-9,11,13H,4-5,10H2,1-3H3,(H,19,20,22). The maximum atomic E-state index is 11.9. The molecule has 1 aromatic heterocycles. The number of anilines is 1. The third-order valence-corrected chi connectivity index (χ3v) is 3.41. The topological polar surface area (TPSA) is 99.9 Å². The van der Waals surface area contributed by atoms with Gasteiger partial charge in [-0.25, -0.2) is 0 Å². The minimum Gasteiger partial charge on any atom is -0.497 e. The molecule has 1 unspecified atom stereocenters. The second-order valence-corrected chi connectivity index (χ2v) is 5.57. The number of carbonyl (C=O) groups is 2. The Kier molecular flexibility index (Phi) is 7.02. The van der Waals surface area contributed by atoms with Gasteiger partial charge in [-0.1, -0.05) is 5.16 Å². The van der Waals surface area contributed by atoms with Gasteiger partial charge in [0.15, 0.2) is 11.9 Å². The lowest BCUT2D eigenvalue weighted by Gasteiger charge is -2.12. The molecule has 0 bridgehead atoms. The molecular formula is C18H22N2O6. The Labute approximate surface area is 151 Å². The van der Waals surface area contributed by atoms with Gasteiger partial charge in [0, 0.05) is 12.5 Å². The van der Waals surface area contributed by atoms with Crippen LogP contribution in [0.3, 0.4) is 0 Å². The molecule has 2 aromatic rings. The monoisotopic (exact) mass is 362 g/mol. The summed E-state index contributed by atoms with van der Waals surface area (Å²) < 4.78 is 20.5. The van der Waals surface area contributed by atoms with E-state index in [1.165, 1.54) is 6.92 Å². The highest BCUT2D eigenvalue weighted by molar-refractivity contribution is 5.94. The normalized spacial score (nSPS) is 11.5. The highest BCUT2D eigenvalue weighted by atomic mass is 16.5. The minimum absolute atomic E-state index is 0.150. The van der Waals surface area contributed by atoms with Crippen molar-refractivity contribution in [3.05, 3.63) is 36.1 Å². The molecule has 0 saturated heterocycles. The summed E-state index contributed by atoms with van der Waals surface area (Å²) in [6, 6.07) is 8.73. The van der Waals surface area contributed by atoms with Crippen LogP contribution in [0.25, 0.3) is 0 Å². The van der Waals surface area contributed by atoms with Gasteiger partial charge in [-0.2, -0.15) is 0 Å². The van der Waals surface area contributed by atoms with Gasteiger partial charge in [0.2, 0.25) is 0 Å². The molecule has 1 atom stereocenters. The summed E-state index contributed by atoms with van der Waals surface area (Å²) in [6.07, 6.45) is -0.305. The molecule has 26 heavy (non-hydrogen) atoms. The van der Waals surface area contributed by atoms with Crippen LogP contribution < -0.4 is 14.8 Å². The number of hydrogen-bond acceptors (Lipinski definition) is 7. The van der Waals surface area contributed by atoms with Crippen LogP contribution in [0.4, 0.5) is 5.82 Å². The number of amides is 1. The van der Waals surface area contributed by atoms with Crippen molar-refractivity contribution in [1.29, 1.82) is 0 Å². The van der Waals surface area contributed by atoms with E-state index in [0.717, 1.165) is 5.75 Å². The summed E-state index contributed by atoms with van der Waals surface area (Å²) >= 11 is 0. The Morgan fingerprint density at radius 1 is 1.23 bits per heavy atom. The number of rotatable bonds is 9. The molecule has 8 heteroatoms. The van der Waals surface area contributed by atoms with Crippen molar-refractivity contribution in [2.45, 2.75) is 32.8 Å². The summed E-state index contributed by atoms with van der Waals surface area (Å²) in [4.78, 5) is 23.7. The van der Waals surface area contributed by atoms with Gasteiger partial charge in [0.25, 0.3) is 5.91 Å². The number of esters is 1. The zero-order valence-corrected chi connectivity index (χ0v) is 15.0. The van der Waals surface area contributed by atoms with Gasteiger partial charge in [0.1, 0.15) is 17.3 Å². The number of carbonyl (C=O) groups excluding carboxylic acids is 2. The lowest BCUT2D eigenvalue weighted by Crippen LogP contribution is -2.30. The van der Waals surface area contributed by atoms with Gasteiger partial charge < -0.3 is 24.1 Å². The molecule has 0 aliphatic rings. The smallest absolute Gasteiger partial charge is 0.306 e. The quantitative estimate of drug-likeness (QED) is 0.541. The van der Waals surface area contributed by atoms with Crippen LogP contribution in [0.15, 0.2) is 34.9 Å². The summed E-state index contributed by atoms with van der Waals surface area (Å²) in [5.74, 6) is 1.34. The fourth-order valence-corrected chi connectivity index (χ4v) is 2.04. The van der Waals surface area contributed by atoms with Crippen LogP contribution in [0.2, 0.25) is 0 Å². The predicted octanol–water partition coefficient (Wildman–Crippen LogP) is 2.72. The van der Waals surface area contributed by atoms with Crippen molar-refractivity contribution >= 4 is 17.7 Å². The van der Waals surface area contributed by atoms with E-state index in [9.17, 15) is 9.59 Å². The maximum absolute atomic E-state index is 11.9. The molecule has 0 saturated carbocycles. The summed E-state index contributed by atoms with van der Waals surface area (Å²) in [5, 5.41) is 6.16. The number of benzene rings is 1. The number of nitrogens with one attached hydrogen (secondary N) is 1. The van der Waals surface area contributed by atoms with Crippen molar-refractivity contribution in [2.75, 3.05) is 19.0 Å². The van der Waals surface area contributed by atoms with Crippen LogP contribution >= 0.6 is 0 Å². The third-order valence-electron chi connectivity index (χ3n) is 3.41. The first-order valence-corrected chi connectivity index (χ1v) is 8.18. The SMILES string of the molecule is COc1ccc(OCCCC(=O)OC(C)C(=O)Nc2cc(C)on2)cc1. The Morgan fingerprint density at radius 2 is 1.92 bits per heavy atom. The van der Waals surface area contributed by atoms with Crippen LogP contribution in [-0.2, 0) is 14.3 Å². The molecule has 140 valence electrons. The lowest BCUT2D eigenvalue weighted by atomic mass is 10.3. The van der Waals surface area contributed by atoms with E-state index >= 15 is 0 Å². The molecular weight excluding hydrogens is 340 g/mol. The van der Waals surface area contributed by atoms with E-state index < -0.39 is 18.0 Å². The van der Waals surface area contributed by atoms with Crippen molar-refractivity contribution in [2.24, 2.45) is 0 Å². The Bertz CT molecular complexity index is 726. The fourth-order valence-electron chi connectivity index (χ4n) is 2.04. The number of ether oxygens (including phenoxy) is 3. The molecule has 0 spiro atoms. The largest absolute Gasteiger partial charge is 0.497 e. The van der Waals surface area contributed by atoms with Crippen molar-refractivity contribution in [3.63, 3.8) is 0 Å². The fraction of sp³-hybridized carbons (Fsp3) is 0.389. The van der Waals surface area contributed by atoms with Gasteiger partial charge >= 0.3 is 5.97 Å². The Hall–Kier alpha value is -3.03. The van der Waals surface area contributed by atoms with Gasteiger partial charge in [-0.3, -0.25) is 9.59 Å². The van der Waals surface area contributed by atoms with Gasteiger partial charge in [-0.15, -0.1) is 0 Å². The van der Waals surface area contributed by atoms with Crippen molar-refractivity contribution in [3.8, 4) is 11.5 Å². The molecule has 1 amide bonds. The van der Waals surface area contributed by atoms with E-state index in [0.29, 0.717) is 24.5 Å². The average molecular weight is 362 g/mol. The van der Waals surface area contributed by atoms with Crippen molar-refractivity contribution < 1.29 is 28.3 Å². The number of nitrogens with zero attached hydrogens (tertiary/aromatic N) is 1. The molecule has 0 aliphatic heterocycles. The van der Waals surface area contributed by atoms with E-state index in [1.807, 2.05) is 0 Å². The molecule has 1 heterocycles. The van der Waals surface area contributed by atoms with Gasteiger partial charge in [0.05, 0.1) is 13.7 Å². The van der Waals surface area contributed by atoms with Crippen LogP contribution in [0, 0.1) is 6.92 Å². The van der Waals surface area contributed by atoms with E-state index in [2.05, 4.69) is 10.5 Å². The third kappa shape index (κ3) is 6.12. The molecule has 1 aromatic carbocycles. The number of aromatic nitrogens is 1. The summed E-state index contributed by atoms with van der Waals surface area (Å²) in [7, 11) is 1.59. The maximum Gasteiger partial charge on any atom is 0.306 e. The first kappa shape index (κ1) is 19.3. The van der Waals surface area contributed by atoms with Crippen LogP contribution in [-0.4, -0.2) is 36.9 Å². The first-order chi connectivity index (χ1) is 12.5. The molecule has 0 radical (unpaired) electrons. The second-order valence-electron chi connectivity index (χ2n) is 5.57. The average Bonchev–Trinajstić information content (AvgIpc) is 3.04. The Balaban J connectivity index is 1.64. The lowest BCUT2D eigenvalue weighted by molar-refractivity contribution is -0.153. The zero-order chi connectivity index (χ0) is 18.9. The minimum atomic E-state index is -0.929. The molecule has 0 fully saturated rings.